The molecule has 1 heterocycles. The highest BCUT2D eigenvalue weighted by molar-refractivity contribution is 5.62. The molecule has 0 unspecified atom stereocenters. The van der Waals surface area contributed by atoms with E-state index in [9.17, 15) is 4.79 Å². The van der Waals surface area contributed by atoms with E-state index in [1.165, 1.54) is 0 Å². The van der Waals surface area contributed by atoms with E-state index >= 15 is 0 Å². The molecular formula is C15H19N3O3. The van der Waals surface area contributed by atoms with Gasteiger partial charge in [-0.05, 0) is 26.0 Å². The average molecular weight is 289 g/mol. The number of rotatable bonds is 6. The van der Waals surface area contributed by atoms with Crippen LogP contribution < -0.4 is 15.6 Å². The van der Waals surface area contributed by atoms with Crippen LogP contribution in [-0.2, 0) is 6.42 Å². The van der Waals surface area contributed by atoms with Crippen LogP contribution in [0.15, 0.2) is 29.1 Å². The fraction of sp³-hybridized carbons (Fsp3) is 0.333. The predicted octanol–water partition coefficient (Wildman–Crippen LogP) is 1.76. The van der Waals surface area contributed by atoms with Crippen molar-refractivity contribution in [3.63, 3.8) is 0 Å². The topological polar surface area (TPSA) is 87.2 Å². The number of hydrogen-bond acceptors (Lipinski definition) is 5. The third-order valence-corrected chi connectivity index (χ3v) is 3.02. The highest BCUT2D eigenvalue weighted by Gasteiger charge is 2.09. The van der Waals surface area contributed by atoms with Crippen LogP contribution in [0.25, 0.3) is 0 Å². The normalized spacial score (nSPS) is 10.4. The SMILES string of the molecule is CCOc1ccccc1Nc1nc(C)c(CCO)c(=O)[nH]1. The zero-order chi connectivity index (χ0) is 15.2. The first-order valence-electron chi connectivity index (χ1n) is 6.85. The zero-order valence-corrected chi connectivity index (χ0v) is 12.1. The van der Waals surface area contributed by atoms with Crippen LogP contribution in [0.5, 0.6) is 5.75 Å². The number of aliphatic hydroxyl groups is 1. The number of aliphatic hydroxyl groups excluding tert-OH is 1. The van der Waals surface area contributed by atoms with E-state index in [2.05, 4.69) is 15.3 Å². The molecule has 2 rings (SSSR count). The first-order chi connectivity index (χ1) is 10.2. The van der Waals surface area contributed by atoms with Crippen LogP contribution in [0.4, 0.5) is 11.6 Å². The Hall–Kier alpha value is -2.34. The second kappa shape index (κ2) is 6.90. The van der Waals surface area contributed by atoms with Crippen molar-refractivity contribution in [3.8, 4) is 5.75 Å². The number of H-pyrrole nitrogens is 1. The van der Waals surface area contributed by atoms with Gasteiger partial charge in [0.1, 0.15) is 5.75 Å². The Kier molecular flexibility index (Phi) is 4.94. The Morgan fingerprint density at radius 2 is 2.14 bits per heavy atom. The Morgan fingerprint density at radius 3 is 2.81 bits per heavy atom. The van der Waals surface area contributed by atoms with Gasteiger partial charge in [0.05, 0.1) is 18.0 Å². The molecule has 0 radical (unpaired) electrons. The first-order valence-corrected chi connectivity index (χ1v) is 6.85. The van der Waals surface area contributed by atoms with Gasteiger partial charge in [0, 0.05) is 18.6 Å². The minimum atomic E-state index is -0.243. The van der Waals surface area contributed by atoms with Gasteiger partial charge >= 0.3 is 0 Å². The van der Waals surface area contributed by atoms with E-state index in [0.29, 0.717) is 36.0 Å². The van der Waals surface area contributed by atoms with Crippen molar-refractivity contribution in [2.24, 2.45) is 0 Å². The van der Waals surface area contributed by atoms with E-state index in [-0.39, 0.29) is 12.2 Å². The predicted molar refractivity (Wildman–Crippen MR) is 81.3 cm³/mol. The summed E-state index contributed by atoms with van der Waals surface area (Å²) in [4.78, 5) is 19.0. The number of nitrogens with one attached hydrogen (secondary N) is 2. The van der Waals surface area contributed by atoms with Gasteiger partial charge in [0.25, 0.3) is 5.56 Å². The molecule has 3 N–H and O–H groups in total. The number of ether oxygens (including phenoxy) is 1. The molecule has 112 valence electrons. The lowest BCUT2D eigenvalue weighted by Crippen LogP contribution is -2.19. The Balaban J connectivity index is 2.30. The summed E-state index contributed by atoms with van der Waals surface area (Å²) in [5, 5.41) is 12.0. The highest BCUT2D eigenvalue weighted by Crippen LogP contribution is 2.25. The molecule has 21 heavy (non-hydrogen) atoms. The van der Waals surface area contributed by atoms with Crippen LogP contribution in [0, 0.1) is 6.92 Å². The van der Waals surface area contributed by atoms with Gasteiger partial charge < -0.3 is 15.2 Å². The van der Waals surface area contributed by atoms with Gasteiger partial charge in [-0.2, -0.15) is 0 Å². The fourth-order valence-corrected chi connectivity index (χ4v) is 2.05. The van der Waals surface area contributed by atoms with Crippen molar-refractivity contribution in [1.29, 1.82) is 0 Å². The summed E-state index contributed by atoms with van der Waals surface area (Å²) in [6, 6.07) is 7.44. The van der Waals surface area contributed by atoms with Crippen molar-refractivity contribution in [2.45, 2.75) is 20.3 Å². The second-order valence-corrected chi connectivity index (χ2v) is 4.51. The van der Waals surface area contributed by atoms with E-state index in [1.807, 2.05) is 31.2 Å². The number of nitrogens with zero attached hydrogens (tertiary/aromatic N) is 1. The molecule has 0 atom stereocenters. The monoisotopic (exact) mass is 289 g/mol. The quantitative estimate of drug-likeness (QED) is 0.754. The molecular weight excluding hydrogens is 270 g/mol. The summed E-state index contributed by atoms with van der Waals surface area (Å²) in [7, 11) is 0. The molecule has 0 aliphatic rings. The van der Waals surface area contributed by atoms with Gasteiger partial charge in [0.15, 0.2) is 0 Å². The van der Waals surface area contributed by atoms with Crippen LogP contribution in [0.2, 0.25) is 0 Å². The largest absolute Gasteiger partial charge is 0.492 e. The molecule has 1 aromatic carbocycles. The van der Waals surface area contributed by atoms with Crippen molar-refractivity contribution < 1.29 is 9.84 Å². The smallest absolute Gasteiger partial charge is 0.255 e. The van der Waals surface area contributed by atoms with E-state index in [0.717, 1.165) is 5.69 Å². The van der Waals surface area contributed by atoms with Crippen LogP contribution >= 0.6 is 0 Å². The fourth-order valence-electron chi connectivity index (χ4n) is 2.05. The van der Waals surface area contributed by atoms with Gasteiger partial charge in [-0.15, -0.1) is 0 Å². The molecule has 0 fully saturated rings. The van der Waals surface area contributed by atoms with E-state index in [1.54, 1.807) is 6.92 Å². The maximum Gasteiger partial charge on any atom is 0.255 e. The number of aromatic nitrogens is 2. The van der Waals surface area contributed by atoms with Crippen LogP contribution in [-0.4, -0.2) is 28.3 Å². The lowest BCUT2D eigenvalue weighted by molar-refractivity contribution is 0.298. The lowest BCUT2D eigenvalue weighted by atomic mass is 10.2. The molecule has 0 saturated heterocycles. The molecule has 0 amide bonds. The van der Waals surface area contributed by atoms with Crippen molar-refractivity contribution in [2.75, 3.05) is 18.5 Å². The molecule has 6 heteroatoms. The summed E-state index contributed by atoms with van der Waals surface area (Å²) in [5.41, 5.74) is 1.59. The van der Waals surface area contributed by atoms with Gasteiger partial charge in [-0.25, -0.2) is 4.98 Å². The maximum absolute atomic E-state index is 12.0. The van der Waals surface area contributed by atoms with Crippen molar-refractivity contribution in [3.05, 3.63) is 45.9 Å². The maximum atomic E-state index is 12.0. The van der Waals surface area contributed by atoms with Crippen molar-refractivity contribution >= 4 is 11.6 Å². The van der Waals surface area contributed by atoms with Gasteiger partial charge in [-0.1, -0.05) is 12.1 Å². The number of aromatic amines is 1. The van der Waals surface area contributed by atoms with E-state index in [4.69, 9.17) is 9.84 Å². The Morgan fingerprint density at radius 1 is 1.38 bits per heavy atom. The molecule has 0 aliphatic carbocycles. The molecule has 0 spiro atoms. The number of aryl methyl sites for hydroxylation is 1. The van der Waals surface area contributed by atoms with Crippen LogP contribution in [0.1, 0.15) is 18.2 Å². The van der Waals surface area contributed by atoms with Crippen LogP contribution in [0.3, 0.4) is 0 Å². The standard InChI is InChI=1S/C15H19N3O3/c1-3-21-13-7-5-4-6-12(13)17-15-16-10(2)11(8-9-19)14(20)18-15/h4-7,19H,3,8-9H2,1-2H3,(H2,16,17,18,20). The molecule has 2 aromatic rings. The second-order valence-electron chi connectivity index (χ2n) is 4.51. The molecule has 0 bridgehead atoms. The molecule has 1 aromatic heterocycles. The summed E-state index contributed by atoms with van der Waals surface area (Å²) in [6.07, 6.45) is 0.296. The minimum absolute atomic E-state index is 0.0778. The average Bonchev–Trinajstić information content (AvgIpc) is 2.45. The Labute approximate surface area is 122 Å². The number of benzene rings is 1. The summed E-state index contributed by atoms with van der Waals surface area (Å²) in [6.45, 7) is 4.13. The van der Waals surface area contributed by atoms with E-state index < -0.39 is 0 Å². The first kappa shape index (κ1) is 15.1. The number of para-hydroxylation sites is 2. The lowest BCUT2D eigenvalue weighted by Gasteiger charge is -2.12. The van der Waals surface area contributed by atoms with Crippen molar-refractivity contribution in [1.82, 2.24) is 9.97 Å². The number of anilines is 2. The summed E-state index contributed by atoms with van der Waals surface area (Å²) in [5.74, 6) is 1.05. The third kappa shape index (κ3) is 3.61. The minimum Gasteiger partial charge on any atom is -0.492 e. The third-order valence-electron chi connectivity index (χ3n) is 3.02. The summed E-state index contributed by atoms with van der Waals surface area (Å²) < 4.78 is 5.52. The Bertz CT molecular complexity index is 667. The molecule has 0 saturated carbocycles. The molecule has 0 aliphatic heterocycles. The number of hydrogen-bond donors (Lipinski definition) is 3. The zero-order valence-electron chi connectivity index (χ0n) is 12.1. The molecule has 6 nitrogen and oxygen atoms in total. The van der Waals surface area contributed by atoms with Gasteiger partial charge in [-0.3, -0.25) is 9.78 Å². The highest BCUT2D eigenvalue weighted by atomic mass is 16.5. The summed E-state index contributed by atoms with van der Waals surface area (Å²) >= 11 is 0. The van der Waals surface area contributed by atoms with Gasteiger partial charge in [0.2, 0.25) is 5.95 Å².